The Kier molecular flexibility index (Phi) is 9.27. The second kappa shape index (κ2) is 16.3. The SMILES string of the molecule is C1=CC2=C(CC1)C1(c3ccccc32)c2ccccc2-c2cc(-c3cccc4nc(-c5ccc(N(c6ccccc6)c6ccc(-n7c8ccccc8c8ccccc87)cc6)cc5)c(-c5ccccc5)nc34)ccc21. The topological polar surface area (TPSA) is 34.0 Å². The number of para-hydroxylation sites is 4. The minimum absolute atomic E-state index is 0.304. The summed E-state index contributed by atoms with van der Waals surface area (Å²) in [7, 11) is 0. The molecule has 0 radical (unpaired) electrons. The Hall–Kier alpha value is -9.38. The Labute approximate surface area is 424 Å². The third-order valence-corrected chi connectivity index (χ3v) is 15.7. The van der Waals surface area contributed by atoms with Gasteiger partial charge in [-0.05, 0) is 136 Å². The zero-order valence-electron chi connectivity index (χ0n) is 40.0. The monoisotopic (exact) mass is 930 g/mol. The summed E-state index contributed by atoms with van der Waals surface area (Å²) in [5.74, 6) is 0. The molecule has 342 valence electrons. The van der Waals surface area contributed by atoms with Crippen LogP contribution in [0.25, 0.3) is 88.9 Å². The molecule has 1 atom stereocenters. The van der Waals surface area contributed by atoms with E-state index in [2.05, 4.69) is 264 Å². The number of allylic oxidation sites excluding steroid dienone is 4. The third kappa shape index (κ3) is 6.20. The van der Waals surface area contributed by atoms with Gasteiger partial charge in [0.2, 0.25) is 0 Å². The van der Waals surface area contributed by atoms with Crippen molar-refractivity contribution < 1.29 is 0 Å². The maximum absolute atomic E-state index is 5.62. The molecule has 0 N–H and O–H groups in total. The first-order chi connectivity index (χ1) is 36.2. The van der Waals surface area contributed by atoms with Crippen molar-refractivity contribution in [1.82, 2.24) is 14.5 Å². The first kappa shape index (κ1) is 41.4. The van der Waals surface area contributed by atoms with Crippen LogP contribution in [0.1, 0.15) is 35.1 Å². The predicted octanol–water partition coefficient (Wildman–Crippen LogP) is 17.6. The molecule has 15 rings (SSSR count). The summed E-state index contributed by atoms with van der Waals surface area (Å²) in [6.07, 6.45) is 6.82. The molecule has 12 aromatic rings. The summed E-state index contributed by atoms with van der Waals surface area (Å²) >= 11 is 0. The van der Waals surface area contributed by atoms with Crippen LogP contribution in [-0.2, 0) is 5.41 Å². The van der Waals surface area contributed by atoms with E-state index in [9.17, 15) is 0 Å². The molecule has 10 aromatic carbocycles. The van der Waals surface area contributed by atoms with Gasteiger partial charge < -0.3 is 9.47 Å². The quantitative estimate of drug-likeness (QED) is 0.160. The lowest BCUT2D eigenvalue weighted by Gasteiger charge is -2.33. The lowest BCUT2D eigenvalue weighted by molar-refractivity contribution is 0.714. The van der Waals surface area contributed by atoms with Gasteiger partial charge in [0, 0.05) is 50.2 Å². The fourth-order valence-electron chi connectivity index (χ4n) is 12.6. The molecule has 0 saturated carbocycles. The molecule has 3 aliphatic rings. The minimum atomic E-state index is -0.304. The highest BCUT2D eigenvalue weighted by Crippen LogP contribution is 2.64. The number of aromatic nitrogens is 3. The molecule has 4 nitrogen and oxygen atoms in total. The summed E-state index contributed by atoms with van der Waals surface area (Å²) in [5.41, 5.74) is 25.1. The molecule has 0 fully saturated rings. The van der Waals surface area contributed by atoms with E-state index in [0.29, 0.717) is 0 Å². The number of benzene rings is 10. The van der Waals surface area contributed by atoms with E-state index in [0.717, 1.165) is 80.3 Å². The Morgan fingerprint density at radius 1 is 0.411 bits per heavy atom. The highest BCUT2D eigenvalue weighted by Gasteiger charge is 2.52. The maximum Gasteiger partial charge on any atom is 0.0973 e. The Bertz CT molecular complexity index is 4190. The van der Waals surface area contributed by atoms with Gasteiger partial charge in [-0.1, -0.05) is 182 Å². The molecular weight excluding hydrogens is 885 g/mol. The van der Waals surface area contributed by atoms with Crippen LogP contribution >= 0.6 is 0 Å². The molecule has 73 heavy (non-hydrogen) atoms. The van der Waals surface area contributed by atoms with E-state index >= 15 is 0 Å². The summed E-state index contributed by atoms with van der Waals surface area (Å²) in [6.45, 7) is 0. The number of nitrogens with zero attached hydrogens (tertiary/aromatic N) is 4. The van der Waals surface area contributed by atoms with Gasteiger partial charge in [-0.3, -0.25) is 0 Å². The second-order valence-corrected chi connectivity index (χ2v) is 19.5. The molecule has 1 unspecified atom stereocenters. The van der Waals surface area contributed by atoms with Crippen LogP contribution in [0.15, 0.2) is 260 Å². The maximum atomic E-state index is 5.62. The molecule has 3 aliphatic carbocycles. The van der Waals surface area contributed by atoms with Gasteiger partial charge in [0.1, 0.15) is 0 Å². The summed E-state index contributed by atoms with van der Waals surface area (Å²) in [5, 5.41) is 2.51. The van der Waals surface area contributed by atoms with E-state index in [1.165, 1.54) is 66.3 Å². The fourth-order valence-corrected chi connectivity index (χ4v) is 12.6. The third-order valence-electron chi connectivity index (χ3n) is 15.7. The molecule has 1 spiro atoms. The van der Waals surface area contributed by atoms with Crippen molar-refractivity contribution in [2.45, 2.75) is 18.3 Å². The van der Waals surface area contributed by atoms with Crippen molar-refractivity contribution in [2.75, 3.05) is 4.90 Å². The van der Waals surface area contributed by atoms with Crippen LogP contribution in [0, 0.1) is 0 Å². The number of anilines is 3. The van der Waals surface area contributed by atoms with Gasteiger partial charge in [0.25, 0.3) is 0 Å². The van der Waals surface area contributed by atoms with Crippen molar-refractivity contribution >= 4 is 55.5 Å². The average Bonchev–Trinajstić information content (AvgIpc) is 4.15. The minimum Gasteiger partial charge on any atom is -0.311 e. The van der Waals surface area contributed by atoms with Crippen LogP contribution in [0.2, 0.25) is 0 Å². The predicted molar refractivity (Wildman–Crippen MR) is 302 cm³/mol. The number of rotatable bonds is 7. The first-order valence-electron chi connectivity index (χ1n) is 25.4. The smallest absolute Gasteiger partial charge is 0.0973 e. The Morgan fingerprint density at radius 2 is 0.959 bits per heavy atom. The lowest BCUT2D eigenvalue weighted by Crippen LogP contribution is -2.27. The van der Waals surface area contributed by atoms with Crippen molar-refractivity contribution in [1.29, 1.82) is 0 Å². The van der Waals surface area contributed by atoms with Gasteiger partial charge in [0.05, 0.1) is 38.9 Å². The van der Waals surface area contributed by atoms with Gasteiger partial charge in [-0.15, -0.1) is 0 Å². The Morgan fingerprint density at radius 3 is 1.70 bits per heavy atom. The van der Waals surface area contributed by atoms with Crippen LogP contribution in [0.4, 0.5) is 17.1 Å². The van der Waals surface area contributed by atoms with Crippen LogP contribution in [-0.4, -0.2) is 14.5 Å². The molecule has 0 saturated heterocycles. The Balaban J connectivity index is 0.831. The zero-order chi connectivity index (χ0) is 48.0. The van der Waals surface area contributed by atoms with Gasteiger partial charge >= 0.3 is 0 Å². The van der Waals surface area contributed by atoms with E-state index in [1.807, 2.05) is 0 Å². The highest BCUT2D eigenvalue weighted by atomic mass is 15.1. The normalized spacial score (nSPS) is 15.2. The van der Waals surface area contributed by atoms with E-state index in [4.69, 9.17) is 9.97 Å². The van der Waals surface area contributed by atoms with E-state index in [-0.39, 0.29) is 5.41 Å². The number of hydrogen-bond acceptors (Lipinski definition) is 3. The largest absolute Gasteiger partial charge is 0.311 e. The van der Waals surface area contributed by atoms with Crippen LogP contribution < -0.4 is 4.90 Å². The second-order valence-electron chi connectivity index (χ2n) is 19.5. The zero-order valence-corrected chi connectivity index (χ0v) is 40.0. The summed E-state index contributed by atoms with van der Waals surface area (Å²) in [4.78, 5) is 13.5. The van der Waals surface area contributed by atoms with Crippen molar-refractivity contribution in [2.24, 2.45) is 0 Å². The van der Waals surface area contributed by atoms with Crippen molar-refractivity contribution in [3.8, 4) is 50.5 Å². The highest BCUT2D eigenvalue weighted by molar-refractivity contribution is 6.09. The van der Waals surface area contributed by atoms with Crippen molar-refractivity contribution in [3.63, 3.8) is 0 Å². The van der Waals surface area contributed by atoms with Gasteiger partial charge in [-0.25, -0.2) is 9.97 Å². The molecule has 0 bridgehead atoms. The molecular formula is C69H46N4. The number of hydrogen-bond donors (Lipinski definition) is 0. The first-order valence-corrected chi connectivity index (χ1v) is 25.4. The molecule has 2 aromatic heterocycles. The molecule has 2 heterocycles. The van der Waals surface area contributed by atoms with E-state index < -0.39 is 0 Å². The fraction of sp³-hybridized carbons (Fsp3) is 0.0435. The molecule has 4 heteroatoms. The summed E-state index contributed by atoms with van der Waals surface area (Å²) < 4.78 is 2.37. The standard InChI is InChI=1S/C69H46N4/c1-3-18-45(19-4-1)67-66(46-34-37-49(38-35-46)72(48-20-5-2-6-21-48)50-39-41-51(42-40-50)73-64-32-15-10-25-56(64)57-26-11-16-33-65(57)73)70-63-31-17-27-52(68(63)71-67)47-36-43-62-58(44-47)55-24-9-14-30-61(55)69(62)59-28-12-7-22-53(59)54-23-8-13-29-60(54)69/h1-12,14-28,30-44H,13,29H2. The van der Waals surface area contributed by atoms with E-state index in [1.54, 1.807) is 0 Å². The van der Waals surface area contributed by atoms with Gasteiger partial charge in [0.15, 0.2) is 0 Å². The number of fused-ring (bicyclic) bond motifs is 13. The van der Waals surface area contributed by atoms with Crippen LogP contribution in [0.5, 0.6) is 0 Å². The average molecular weight is 931 g/mol. The molecule has 0 amide bonds. The lowest BCUT2D eigenvalue weighted by atomic mass is 9.68. The van der Waals surface area contributed by atoms with Gasteiger partial charge in [-0.2, -0.15) is 0 Å². The van der Waals surface area contributed by atoms with Crippen LogP contribution in [0.3, 0.4) is 0 Å². The molecule has 0 aliphatic heterocycles. The van der Waals surface area contributed by atoms with Crippen molar-refractivity contribution in [3.05, 3.63) is 283 Å². The summed E-state index contributed by atoms with van der Waals surface area (Å²) in [6, 6.07) is 88.0.